The topological polar surface area (TPSA) is 96.0 Å². The van der Waals surface area contributed by atoms with Crippen molar-refractivity contribution >= 4 is 39.1 Å². The number of hydrogen-bond acceptors (Lipinski definition) is 5. The van der Waals surface area contributed by atoms with Crippen LogP contribution in [0.5, 0.6) is 5.75 Å². The summed E-state index contributed by atoms with van der Waals surface area (Å²) in [6.07, 6.45) is 1.76. The molecule has 0 saturated carbocycles. The summed E-state index contributed by atoms with van der Waals surface area (Å²) in [5, 5.41) is 3.47. The third-order valence-electron chi connectivity index (χ3n) is 6.46. The van der Waals surface area contributed by atoms with Crippen LogP contribution in [0.15, 0.2) is 78.9 Å². The van der Waals surface area contributed by atoms with Crippen LogP contribution in [0.2, 0.25) is 5.02 Å². The number of hydrogen-bond donors (Lipinski definition) is 1. The smallest absolute Gasteiger partial charge is 0.243 e. The first-order valence-corrected chi connectivity index (χ1v) is 15.7. The minimum absolute atomic E-state index is 0.0455. The van der Waals surface area contributed by atoms with E-state index in [-0.39, 0.29) is 43.8 Å². The molecule has 0 aliphatic heterocycles. The second-order valence-corrected chi connectivity index (χ2v) is 12.5. The average molecular weight is 600 g/mol. The zero-order valence-electron chi connectivity index (χ0n) is 23.9. The lowest BCUT2D eigenvalue weighted by Gasteiger charge is -2.32. The molecule has 0 saturated heterocycles. The van der Waals surface area contributed by atoms with Crippen molar-refractivity contribution in [2.24, 2.45) is 0 Å². The molecule has 1 unspecified atom stereocenters. The number of methoxy groups -OCH3 is 1. The van der Waals surface area contributed by atoms with Crippen molar-refractivity contribution in [3.8, 4) is 5.75 Å². The summed E-state index contributed by atoms with van der Waals surface area (Å²) in [4.78, 5) is 29.0. The Hall–Kier alpha value is -3.56. The largest absolute Gasteiger partial charge is 0.497 e. The van der Waals surface area contributed by atoms with Crippen molar-refractivity contribution in [1.82, 2.24) is 10.2 Å². The number of ether oxygens (including phenoxy) is 1. The van der Waals surface area contributed by atoms with Gasteiger partial charge in [0.15, 0.2) is 0 Å². The van der Waals surface area contributed by atoms with Gasteiger partial charge in [-0.3, -0.25) is 13.9 Å². The zero-order chi connectivity index (χ0) is 30.0. The van der Waals surface area contributed by atoms with E-state index in [4.69, 9.17) is 16.3 Å². The van der Waals surface area contributed by atoms with Gasteiger partial charge in [-0.1, -0.05) is 54.1 Å². The molecule has 1 atom stereocenters. The molecule has 3 aromatic rings. The number of carbonyl (C=O) groups is 2. The predicted octanol–water partition coefficient (Wildman–Crippen LogP) is 5.06. The standard InChI is InChI=1S/C31H38ClN3O5S/c1-23(2)33-31(37)29(21-24-10-6-5-7-11-24)34(22-25-12-8-13-28(20-25)40-3)30(36)14-9-19-35(41(4,38)39)27-17-15-26(32)16-18-27/h5-8,10-13,15-18,20,23,29H,9,14,19,21-22H2,1-4H3,(H,33,37). The van der Waals surface area contributed by atoms with Gasteiger partial charge in [0.05, 0.1) is 19.1 Å². The molecule has 0 fully saturated rings. The van der Waals surface area contributed by atoms with E-state index < -0.39 is 16.1 Å². The lowest BCUT2D eigenvalue weighted by molar-refractivity contribution is -0.141. The highest BCUT2D eigenvalue weighted by atomic mass is 35.5. The Balaban J connectivity index is 1.89. The Morgan fingerprint density at radius 3 is 2.22 bits per heavy atom. The van der Waals surface area contributed by atoms with Gasteiger partial charge >= 0.3 is 0 Å². The first-order chi connectivity index (χ1) is 19.5. The van der Waals surface area contributed by atoms with Crippen LogP contribution in [0.3, 0.4) is 0 Å². The Morgan fingerprint density at radius 2 is 1.61 bits per heavy atom. The minimum Gasteiger partial charge on any atom is -0.497 e. The Bertz CT molecular complexity index is 1400. The van der Waals surface area contributed by atoms with E-state index in [1.165, 1.54) is 4.31 Å². The van der Waals surface area contributed by atoms with E-state index in [1.54, 1.807) is 36.3 Å². The van der Waals surface area contributed by atoms with Crippen LogP contribution >= 0.6 is 11.6 Å². The number of benzene rings is 3. The number of halogens is 1. The first kappa shape index (κ1) is 32.0. The summed E-state index contributed by atoms with van der Waals surface area (Å²) in [6.45, 7) is 4.04. The lowest BCUT2D eigenvalue weighted by atomic mass is 10.0. The number of amides is 2. The maximum atomic E-state index is 13.9. The van der Waals surface area contributed by atoms with Crippen molar-refractivity contribution < 1.29 is 22.7 Å². The van der Waals surface area contributed by atoms with Gasteiger partial charge in [0, 0.05) is 37.0 Å². The van der Waals surface area contributed by atoms with E-state index in [0.29, 0.717) is 22.9 Å². The molecule has 220 valence electrons. The van der Waals surface area contributed by atoms with Crippen LogP contribution in [0, 0.1) is 0 Å². The highest BCUT2D eigenvalue weighted by Gasteiger charge is 2.31. The Labute approximate surface area is 248 Å². The van der Waals surface area contributed by atoms with Crippen molar-refractivity contribution in [1.29, 1.82) is 0 Å². The summed E-state index contributed by atoms with van der Waals surface area (Å²) in [5.41, 5.74) is 2.20. The van der Waals surface area contributed by atoms with E-state index in [0.717, 1.165) is 17.4 Å². The molecule has 1 N–H and O–H groups in total. The van der Waals surface area contributed by atoms with Gasteiger partial charge in [0.2, 0.25) is 21.8 Å². The number of rotatable bonds is 14. The van der Waals surface area contributed by atoms with Gasteiger partial charge in [-0.15, -0.1) is 0 Å². The first-order valence-electron chi connectivity index (χ1n) is 13.5. The molecular formula is C31H38ClN3O5S. The molecule has 3 rings (SSSR count). The highest BCUT2D eigenvalue weighted by Crippen LogP contribution is 2.23. The number of anilines is 1. The van der Waals surface area contributed by atoms with Gasteiger partial charge in [0.25, 0.3) is 0 Å². The second-order valence-electron chi connectivity index (χ2n) is 10.2. The fourth-order valence-corrected chi connectivity index (χ4v) is 5.60. The monoisotopic (exact) mass is 599 g/mol. The van der Waals surface area contributed by atoms with Crippen LogP contribution < -0.4 is 14.4 Å². The summed E-state index contributed by atoms with van der Waals surface area (Å²) < 4.78 is 31.8. The normalized spacial score (nSPS) is 12.0. The lowest BCUT2D eigenvalue weighted by Crippen LogP contribution is -2.51. The third kappa shape index (κ3) is 9.79. The van der Waals surface area contributed by atoms with Gasteiger partial charge in [-0.25, -0.2) is 8.42 Å². The van der Waals surface area contributed by atoms with E-state index in [9.17, 15) is 18.0 Å². The van der Waals surface area contributed by atoms with Gasteiger partial charge in [-0.05, 0) is 67.8 Å². The molecule has 41 heavy (non-hydrogen) atoms. The number of carbonyl (C=O) groups excluding carboxylic acids is 2. The molecule has 0 radical (unpaired) electrons. The van der Waals surface area contributed by atoms with Crippen LogP contribution in [-0.4, -0.2) is 57.1 Å². The Kier molecular flexibility index (Phi) is 11.6. The molecular weight excluding hydrogens is 562 g/mol. The van der Waals surface area contributed by atoms with Crippen molar-refractivity contribution in [3.63, 3.8) is 0 Å². The quantitative estimate of drug-likeness (QED) is 0.279. The maximum absolute atomic E-state index is 13.9. The summed E-state index contributed by atoms with van der Waals surface area (Å²) in [6, 6.07) is 22.6. The fourth-order valence-electron chi connectivity index (χ4n) is 4.51. The van der Waals surface area contributed by atoms with Crippen molar-refractivity contribution in [3.05, 3.63) is 95.0 Å². The second kappa shape index (κ2) is 14.9. The maximum Gasteiger partial charge on any atom is 0.243 e. The molecule has 0 aliphatic carbocycles. The van der Waals surface area contributed by atoms with Gasteiger partial charge in [0.1, 0.15) is 11.8 Å². The number of nitrogens with one attached hydrogen (secondary N) is 1. The van der Waals surface area contributed by atoms with Gasteiger partial charge < -0.3 is 15.0 Å². The zero-order valence-corrected chi connectivity index (χ0v) is 25.5. The van der Waals surface area contributed by atoms with E-state index in [1.807, 2.05) is 68.4 Å². The van der Waals surface area contributed by atoms with Gasteiger partial charge in [-0.2, -0.15) is 0 Å². The number of sulfonamides is 1. The molecule has 0 spiro atoms. The molecule has 0 heterocycles. The van der Waals surface area contributed by atoms with Crippen molar-refractivity contribution in [2.75, 3.05) is 24.2 Å². The van der Waals surface area contributed by atoms with E-state index >= 15 is 0 Å². The molecule has 0 aromatic heterocycles. The fraction of sp³-hybridized carbons (Fsp3) is 0.355. The van der Waals surface area contributed by atoms with Crippen molar-refractivity contribution in [2.45, 2.75) is 51.7 Å². The average Bonchev–Trinajstić information content (AvgIpc) is 2.93. The summed E-state index contributed by atoms with van der Waals surface area (Å²) in [7, 11) is -2.03. The minimum atomic E-state index is -3.60. The summed E-state index contributed by atoms with van der Waals surface area (Å²) in [5.74, 6) is 0.143. The molecule has 3 aromatic carbocycles. The molecule has 0 aliphatic rings. The van der Waals surface area contributed by atoms with Crippen LogP contribution in [-0.2, 0) is 32.6 Å². The molecule has 2 amide bonds. The third-order valence-corrected chi connectivity index (χ3v) is 7.90. The summed E-state index contributed by atoms with van der Waals surface area (Å²) >= 11 is 5.98. The molecule has 0 bridgehead atoms. The number of nitrogens with zero attached hydrogens (tertiary/aromatic N) is 2. The van der Waals surface area contributed by atoms with Crippen LogP contribution in [0.1, 0.15) is 37.8 Å². The SMILES string of the molecule is COc1cccc(CN(C(=O)CCCN(c2ccc(Cl)cc2)S(C)(=O)=O)C(Cc2ccccc2)C(=O)NC(C)C)c1. The molecule has 8 nitrogen and oxygen atoms in total. The molecule has 10 heteroatoms. The Morgan fingerprint density at radius 1 is 0.951 bits per heavy atom. The van der Waals surface area contributed by atoms with Crippen LogP contribution in [0.25, 0.3) is 0 Å². The van der Waals surface area contributed by atoms with Crippen LogP contribution in [0.4, 0.5) is 5.69 Å². The highest BCUT2D eigenvalue weighted by molar-refractivity contribution is 7.92. The van der Waals surface area contributed by atoms with E-state index in [2.05, 4.69) is 5.32 Å². The predicted molar refractivity (Wildman–Crippen MR) is 164 cm³/mol.